The molecule has 1 amide bonds. The first-order valence-corrected chi connectivity index (χ1v) is 23.4. The molecule has 0 fully saturated rings. The van der Waals surface area contributed by atoms with E-state index in [1.54, 1.807) is 6.08 Å². The van der Waals surface area contributed by atoms with Gasteiger partial charge in [-0.15, -0.1) is 0 Å². The highest BCUT2D eigenvalue weighted by molar-refractivity contribution is 7.47. The Kier molecular flexibility index (Phi) is 35.5. The lowest BCUT2D eigenvalue weighted by Crippen LogP contribution is -2.45. The lowest BCUT2D eigenvalue weighted by atomic mass is 10.0. The van der Waals surface area contributed by atoms with E-state index in [2.05, 4.69) is 43.5 Å². The molecule has 3 atom stereocenters. The van der Waals surface area contributed by atoms with Crippen molar-refractivity contribution in [2.24, 2.45) is 0 Å². The normalized spacial score (nSPS) is 14.8. The number of carbonyl (C=O) groups is 1. The zero-order valence-corrected chi connectivity index (χ0v) is 36.1. The summed E-state index contributed by atoms with van der Waals surface area (Å²) in [5.74, 6) is -0.193. The summed E-state index contributed by atoms with van der Waals surface area (Å²) in [6.07, 6.45) is 43.5. The molecule has 0 aliphatic rings. The van der Waals surface area contributed by atoms with Crippen LogP contribution in [0.15, 0.2) is 36.5 Å². The van der Waals surface area contributed by atoms with Crippen LogP contribution in [0.2, 0.25) is 0 Å². The molecule has 0 saturated carbocycles. The molecule has 3 unspecified atom stereocenters. The minimum absolute atomic E-state index is 0.0583. The standard InChI is InChI=1S/C44H85N2O6P/c1-6-8-10-12-14-16-18-20-21-22-23-24-26-27-29-31-33-35-37-43(47)42(41-52-53(49,50)51-40-39-46(3,4)5)45-44(48)38-36-34-32-30-28-25-19-17-15-13-11-9-7-2/h11,13,17,19,35,37,42-43,47H,6-10,12,14-16,18,20-34,36,38-41H2,1-5H3,(H-,45,48,49,50)/p+1/b13-11-,19-17-,37-35+. The van der Waals surface area contributed by atoms with Crippen molar-refractivity contribution in [3.05, 3.63) is 36.5 Å². The fourth-order valence-corrected chi connectivity index (χ4v) is 6.81. The van der Waals surface area contributed by atoms with Gasteiger partial charge in [0, 0.05) is 6.42 Å². The molecule has 0 aromatic rings. The van der Waals surface area contributed by atoms with Crippen LogP contribution < -0.4 is 5.32 Å². The molecule has 0 aliphatic heterocycles. The van der Waals surface area contributed by atoms with Crippen LogP contribution in [-0.2, 0) is 18.4 Å². The maximum Gasteiger partial charge on any atom is 0.472 e. The first-order valence-electron chi connectivity index (χ1n) is 21.9. The predicted molar refractivity (Wildman–Crippen MR) is 226 cm³/mol. The molecular weight excluding hydrogens is 683 g/mol. The van der Waals surface area contributed by atoms with Gasteiger partial charge in [-0.05, 0) is 44.9 Å². The molecule has 0 spiro atoms. The number of likely N-dealkylation sites (N-methyl/N-ethyl adjacent to an activating group) is 1. The van der Waals surface area contributed by atoms with Crippen LogP contribution in [0, 0.1) is 0 Å². The van der Waals surface area contributed by atoms with Gasteiger partial charge in [0.1, 0.15) is 13.2 Å². The lowest BCUT2D eigenvalue weighted by Gasteiger charge is -2.25. The zero-order chi connectivity index (χ0) is 39.3. The number of aliphatic hydroxyl groups is 1. The molecule has 0 rings (SSSR count). The summed E-state index contributed by atoms with van der Waals surface area (Å²) >= 11 is 0. The molecule has 3 N–H and O–H groups in total. The second-order valence-electron chi connectivity index (χ2n) is 16.1. The van der Waals surface area contributed by atoms with Gasteiger partial charge < -0.3 is 19.8 Å². The largest absolute Gasteiger partial charge is 0.472 e. The smallest absolute Gasteiger partial charge is 0.387 e. The first-order chi connectivity index (χ1) is 25.5. The van der Waals surface area contributed by atoms with Crippen LogP contribution >= 0.6 is 7.82 Å². The van der Waals surface area contributed by atoms with Gasteiger partial charge in [-0.1, -0.05) is 172 Å². The van der Waals surface area contributed by atoms with Crippen molar-refractivity contribution in [2.45, 2.75) is 199 Å². The second kappa shape index (κ2) is 36.4. The molecule has 0 aromatic heterocycles. The summed E-state index contributed by atoms with van der Waals surface area (Å²) in [6.45, 7) is 4.73. The van der Waals surface area contributed by atoms with Gasteiger partial charge in [0.25, 0.3) is 0 Å². The highest BCUT2D eigenvalue weighted by Gasteiger charge is 2.27. The van der Waals surface area contributed by atoms with Crippen molar-refractivity contribution in [3.8, 4) is 0 Å². The number of phosphoric ester groups is 1. The monoisotopic (exact) mass is 770 g/mol. The molecule has 53 heavy (non-hydrogen) atoms. The number of phosphoric acid groups is 1. The summed E-state index contributed by atoms with van der Waals surface area (Å²) in [7, 11) is 1.56. The summed E-state index contributed by atoms with van der Waals surface area (Å²) < 4.78 is 23.5. The molecule has 312 valence electrons. The van der Waals surface area contributed by atoms with Crippen LogP contribution in [0.25, 0.3) is 0 Å². The van der Waals surface area contributed by atoms with Gasteiger partial charge in [0.05, 0.1) is 39.9 Å². The van der Waals surface area contributed by atoms with E-state index in [4.69, 9.17) is 9.05 Å². The number of carbonyl (C=O) groups excluding carboxylic acids is 1. The number of unbranched alkanes of at least 4 members (excludes halogenated alkanes) is 22. The van der Waals surface area contributed by atoms with E-state index in [0.29, 0.717) is 17.4 Å². The third-order valence-corrected chi connectivity index (χ3v) is 10.6. The maximum absolute atomic E-state index is 12.8. The topological polar surface area (TPSA) is 105 Å². The second-order valence-corrected chi connectivity index (χ2v) is 17.5. The Labute approximate surface area is 327 Å². The molecule has 0 bridgehead atoms. The number of allylic oxidation sites excluding steroid dienone is 5. The van der Waals surface area contributed by atoms with Gasteiger partial charge in [0.2, 0.25) is 5.91 Å². The van der Waals surface area contributed by atoms with Crippen molar-refractivity contribution in [2.75, 3.05) is 40.9 Å². The van der Waals surface area contributed by atoms with Crippen LogP contribution in [-0.4, -0.2) is 73.4 Å². The maximum atomic E-state index is 12.8. The SMILES string of the molecule is CCC/C=C\C/C=C\CCCCCCCC(=O)NC(COP(=O)(O)OCC[N+](C)(C)C)C(O)/C=C/CCCCCCCCCCCCCCCCCC. The van der Waals surface area contributed by atoms with Gasteiger partial charge in [-0.3, -0.25) is 13.8 Å². The Morgan fingerprint density at radius 2 is 1.11 bits per heavy atom. The minimum atomic E-state index is -4.34. The van der Waals surface area contributed by atoms with Gasteiger partial charge in [-0.25, -0.2) is 4.57 Å². The molecule has 0 heterocycles. The number of quaternary nitrogens is 1. The Morgan fingerprint density at radius 3 is 1.62 bits per heavy atom. The van der Waals surface area contributed by atoms with Crippen LogP contribution in [0.3, 0.4) is 0 Å². The molecule has 9 heteroatoms. The first kappa shape index (κ1) is 51.7. The highest BCUT2D eigenvalue weighted by atomic mass is 31.2. The molecule has 0 radical (unpaired) electrons. The Balaban J connectivity index is 4.44. The summed E-state index contributed by atoms with van der Waals surface area (Å²) in [4.78, 5) is 23.1. The fraction of sp³-hybridized carbons (Fsp3) is 0.841. The summed E-state index contributed by atoms with van der Waals surface area (Å²) in [5.41, 5.74) is 0. The number of rotatable bonds is 39. The number of amides is 1. The predicted octanol–water partition coefficient (Wildman–Crippen LogP) is 11.9. The Bertz CT molecular complexity index is 964. The molecule has 0 saturated heterocycles. The number of hydrogen-bond donors (Lipinski definition) is 3. The van der Waals surface area contributed by atoms with Gasteiger partial charge >= 0.3 is 7.82 Å². The number of nitrogens with zero attached hydrogens (tertiary/aromatic N) is 1. The molecule has 0 aromatic carbocycles. The zero-order valence-electron chi connectivity index (χ0n) is 35.3. The lowest BCUT2D eigenvalue weighted by molar-refractivity contribution is -0.870. The van der Waals surface area contributed by atoms with E-state index >= 15 is 0 Å². The summed E-state index contributed by atoms with van der Waals surface area (Å²) in [6, 6.07) is -0.851. The van der Waals surface area contributed by atoms with E-state index in [-0.39, 0.29) is 19.1 Å². The number of nitrogens with one attached hydrogen (secondary N) is 1. The van der Waals surface area contributed by atoms with Crippen LogP contribution in [0.1, 0.15) is 187 Å². The number of aliphatic hydroxyl groups excluding tert-OH is 1. The van der Waals surface area contributed by atoms with E-state index in [9.17, 15) is 19.4 Å². The quantitative estimate of drug-likeness (QED) is 0.0249. The number of hydrogen-bond acceptors (Lipinski definition) is 5. The van der Waals surface area contributed by atoms with Crippen LogP contribution in [0.4, 0.5) is 0 Å². The molecule has 8 nitrogen and oxygen atoms in total. The Morgan fingerprint density at radius 1 is 0.642 bits per heavy atom. The Hall–Kier alpha value is -1.28. The van der Waals surface area contributed by atoms with E-state index in [1.807, 2.05) is 27.2 Å². The van der Waals surface area contributed by atoms with Crippen molar-refractivity contribution in [1.29, 1.82) is 0 Å². The average Bonchev–Trinajstić information content (AvgIpc) is 3.10. The van der Waals surface area contributed by atoms with E-state index in [1.165, 1.54) is 96.3 Å². The van der Waals surface area contributed by atoms with Crippen LogP contribution in [0.5, 0.6) is 0 Å². The van der Waals surface area contributed by atoms with Crippen molar-refractivity contribution >= 4 is 13.7 Å². The molecular formula is C44H86N2O6P+. The third-order valence-electron chi connectivity index (χ3n) is 9.59. The van der Waals surface area contributed by atoms with Crippen molar-refractivity contribution in [1.82, 2.24) is 5.32 Å². The van der Waals surface area contributed by atoms with E-state index < -0.39 is 20.0 Å². The van der Waals surface area contributed by atoms with Gasteiger partial charge in [-0.2, -0.15) is 0 Å². The van der Waals surface area contributed by atoms with Gasteiger partial charge in [0.15, 0.2) is 0 Å². The van der Waals surface area contributed by atoms with Crippen molar-refractivity contribution in [3.63, 3.8) is 0 Å². The summed E-state index contributed by atoms with van der Waals surface area (Å²) in [5, 5.41) is 13.8. The minimum Gasteiger partial charge on any atom is -0.387 e. The highest BCUT2D eigenvalue weighted by Crippen LogP contribution is 2.43. The van der Waals surface area contributed by atoms with E-state index in [0.717, 1.165) is 70.6 Å². The average molecular weight is 770 g/mol. The molecule has 0 aliphatic carbocycles. The fourth-order valence-electron chi connectivity index (χ4n) is 6.08. The van der Waals surface area contributed by atoms with Crippen molar-refractivity contribution < 1.29 is 32.9 Å². The third kappa shape index (κ3) is 38.8.